The number of aliphatic hydroxyl groups is 1. The number of carbonyl (C=O) groups excluding carboxylic acids is 2. The van der Waals surface area contributed by atoms with Gasteiger partial charge in [0.15, 0.2) is 0 Å². The molecule has 8 heteroatoms. The van der Waals surface area contributed by atoms with Gasteiger partial charge in [0.25, 0.3) is 11.7 Å². The quantitative estimate of drug-likeness (QED) is 0.271. The molecule has 2 aliphatic rings. The van der Waals surface area contributed by atoms with E-state index in [4.69, 9.17) is 9.47 Å². The zero-order valence-corrected chi connectivity index (χ0v) is 21.6. The van der Waals surface area contributed by atoms with Gasteiger partial charge in [0, 0.05) is 36.6 Å². The number of thiophene rings is 1. The highest BCUT2D eigenvalue weighted by Crippen LogP contribution is 2.41. The van der Waals surface area contributed by atoms with Crippen LogP contribution in [0.5, 0.6) is 5.75 Å². The van der Waals surface area contributed by atoms with Crippen molar-refractivity contribution in [2.45, 2.75) is 19.6 Å². The molecule has 1 atom stereocenters. The molecule has 1 aromatic heterocycles. The smallest absolute Gasteiger partial charge is 0.295 e. The first-order valence-electron chi connectivity index (χ1n) is 12.4. The molecule has 1 unspecified atom stereocenters. The Morgan fingerprint density at radius 1 is 1.05 bits per heavy atom. The fraction of sp³-hybridized carbons (Fsp3) is 0.310. The summed E-state index contributed by atoms with van der Waals surface area (Å²) < 4.78 is 11.3. The summed E-state index contributed by atoms with van der Waals surface area (Å²) in [5.74, 6) is -0.751. The van der Waals surface area contributed by atoms with Crippen LogP contribution in [0.1, 0.15) is 27.6 Å². The summed E-state index contributed by atoms with van der Waals surface area (Å²) in [6.45, 7) is 6.44. The maximum absolute atomic E-state index is 13.2. The number of Topliss-reactive ketones (excluding diaryl/α,β-unsaturated/α-hetero) is 1. The normalized spacial score (nSPS) is 19.9. The number of amides is 1. The van der Waals surface area contributed by atoms with Gasteiger partial charge in [0.2, 0.25) is 0 Å². The van der Waals surface area contributed by atoms with Crippen LogP contribution in [-0.4, -0.2) is 66.0 Å². The zero-order valence-electron chi connectivity index (χ0n) is 20.8. The molecule has 2 aliphatic heterocycles. The highest BCUT2D eigenvalue weighted by atomic mass is 32.1. The summed E-state index contributed by atoms with van der Waals surface area (Å²) in [6, 6.07) is 18.3. The predicted molar refractivity (Wildman–Crippen MR) is 143 cm³/mol. The predicted octanol–water partition coefficient (Wildman–Crippen LogP) is 4.39. The number of hydrogen-bond acceptors (Lipinski definition) is 7. The first-order valence-corrected chi connectivity index (χ1v) is 13.3. The molecule has 3 heterocycles. The number of rotatable bonds is 8. The lowest BCUT2D eigenvalue weighted by Crippen LogP contribution is -2.42. The third-order valence-corrected chi connectivity index (χ3v) is 7.65. The lowest BCUT2D eigenvalue weighted by Gasteiger charge is -2.30. The van der Waals surface area contributed by atoms with E-state index in [2.05, 4.69) is 11.0 Å². The van der Waals surface area contributed by atoms with E-state index in [-0.39, 0.29) is 11.3 Å². The molecule has 192 valence electrons. The Balaban J connectivity index is 1.37. The highest BCUT2D eigenvalue weighted by molar-refractivity contribution is 7.10. The minimum Gasteiger partial charge on any atom is -0.507 e. The van der Waals surface area contributed by atoms with Crippen molar-refractivity contribution in [2.75, 3.05) is 39.4 Å². The molecule has 1 N–H and O–H groups in total. The van der Waals surface area contributed by atoms with Gasteiger partial charge in [0.1, 0.15) is 18.1 Å². The van der Waals surface area contributed by atoms with Crippen molar-refractivity contribution in [3.63, 3.8) is 0 Å². The minimum atomic E-state index is -0.655. The Bertz CT molecular complexity index is 1280. The second-order valence-electron chi connectivity index (χ2n) is 9.26. The molecule has 1 amide bonds. The first-order chi connectivity index (χ1) is 18.0. The Labute approximate surface area is 220 Å². The summed E-state index contributed by atoms with van der Waals surface area (Å²) in [4.78, 5) is 30.9. The van der Waals surface area contributed by atoms with E-state index in [0.29, 0.717) is 44.2 Å². The van der Waals surface area contributed by atoms with Gasteiger partial charge >= 0.3 is 0 Å². The van der Waals surface area contributed by atoms with Crippen LogP contribution in [0.2, 0.25) is 0 Å². The Hall–Kier alpha value is -3.46. The molecule has 2 saturated heterocycles. The summed E-state index contributed by atoms with van der Waals surface area (Å²) in [7, 11) is 0. The van der Waals surface area contributed by atoms with E-state index in [1.807, 2.05) is 42.6 Å². The van der Waals surface area contributed by atoms with Crippen molar-refractivity contribution in [3.8, 4) is 5.75 Å². The third-order valence-electron chi connectivity index (χ3n) is 6.73. The number of ketones is 1. The van der Waals surface area contributed by atoms with Gasteiger partial charge in [-0.1, -0.05) is 35.9 Å². The topological polar surface area (TPSA) is 79.3 Å². The molecule has 0 aliphatic carbocycles. The Morgan fingerprint density at radius 2 is 1.84 bits per heavy atom. The number of ether oxygens (including phenoxy) is 2. The molecule has 5 rings (SSSR count). The molecule has 3 aromatic rings. The number of hydrogen-bond donors (Lipinski definition) is 1. The average molecular weight is 519 g/mol. The van der Waals surface area contributed by atoms with E-state index < -0.39 is 17.7 Å². The third kappa shape index (κ3) is 5.61. The summed E-state index contributed by atoms with van der Waals surface area (Å²) in [5, 5.41) is 13.2. The van der Waals surface area contributed by atoms with Gasteiger partial charge in [-0.15, -0.1) is 11.3 Å². The first kappa shape index (κ1) is 25.2. The van der Waals surface area contributed by atoms with E-state index in [9.17, 15) is 14.7 Å². The van der Waals surface area contributed by atoms with Crippen molar-refractivity contribution in [1.29, 1.82) is 0 Å². The molecule has 2 fully saturated rings. The monoisotopic (exact) mass is 518 g/mol. The number of morpholine rings is 1. The van der Waals surface area contributed by atoms with Gasteiger partial charge in [0.05, 0.1) is 24.8 Å². The van der Waals surface area contributed by atoms with E-state index >= 15 is 0 Å². The highest BCUT2D eigenvalue weighted by Gasteiger charge is 2.46. The van der Waals surface area contributed by atoms with Crippen molar-refractivity contribution in [3.05, 3.63) is 93.2 Å². The Morgan fingerprint density at radius 3 is 2.54 bits per heavy atom. The standard InChI is InChI=1S/C29H30N2O5S/c1-20-4-2-5-21(18-20)19-36-23-9-7-22(8-10-23)27(32)25-26(24-6-3-17-37-24)31(29(34)28(25)33)12-11-30-13-15-35-16-14-30/h2-10,17-18,26,32H,11-16,19H2,1H3/b27-25+. The van der Waals surface area contributed by atoms with Gasteiger partial charge in [-0.25, -0.2) is 0 Å². The van der Waals surface area contributed by atoms with Crippen LogP contribution in [-0.2, 0) is 20.9 Å². The number of carbonyl (C=O) groups is 2. The molecule has 37 heavy (non-hydrogen) atoms. The maximum Gasteiger partial charge on any atom is 0.295 e. The van der Waals surface area contributed by atoms with Crippen molar-refractivity contribution < 1.29 is 24.2 Å². The average Bonchev–Trinajstić information content (AvgIpc) is 3.54. The Kier molecular flexibility index (Phi) is 7.69. The van der Waals surface area contributed by atoms with E-state index in [1.54, 1.807) is 29.2 Å². The number of benzene rings is 2. The van der Waals surface area contributed by atoms with Crippen LogP contribution in [0.3, 0.4) is 0 Å². The fourth-order valence-corrected chi connectivity index (χ4v) is 5.61. The van der Waals surface area contributed by atoms with Crippen LogP contribution in [0.4, 0.5) is 0 Å². The summed E-state index contributed by atoms with van der Waals surface area (Å²) in [6.07, 6.45) is 0. The van der Waals surface area contributed by atoms with Gasteiger partial charge < -0.3 is 19.5 Å². The van der Waals surface area contributed by atoms with Crippen LogP contribution < -0.4 is 4.74 Å². The lowest BCUT2D eigenvalue weighted by atomic mass is 10.00. The minimum absolute atomic E-state index is 0.128. The number of aliphatic hydroxyl groups excluding tert-OH is 1. The molecule has 2 aromatic carbocycles. The molecule has 0 bridgehead atoms. The van der Waals surface area contributed by atoms with E-state index in [1.165, 1.54) is 16.9 Å². The van der Waals surface area contributed by atoms with Gasteiger partial charge in [-0.3, -0.25) is 14.5 Å². The fourth-order valence-electron chi connectivity index (χ4n) is 4.76. The zero-order chi connectivity index (χ0) is 25.8. The maximum atomic E-state index is 13.2. The second-order valence-corrected chi connectivity index (χ2v) is 10.2. The lowest BCUT2D eigenvalue weighted by molar-refractivity contribution is -0.140. The molecule has 0 saturated carbocycles. The number of likely N-dealkylation sites (tertiary alicyclic amines) is 1. The largest absolute Gasteiger partial charge is 0.507 e. The van der Waals surface area contributed by atoms with Gasteiger partial charge in [-0.2, -0.15) is 0 Å². The molecule has 0 spiro atoms. The van der Waals surface area contributed by atoms with Crippen LogP contribution in [0.15, 0.2) is 71.6 Å². The van der Waals surface area contributed by atoms with Gasteiger partial charge in [-0.05, 0) is 48.2 Å². The van der Waals surface area contributed by atoms with Crippen molar-refractivity contribution in [1.82, 2.24) is 9.80 Å². The van der Waals surface area contributed by atoms with E-state index in [0.717, 1.165) is 23.5 Å². The molecular formula is C29H30N2O5S. The molecule has 0 radical (unpaired) electrons. The number of aryl methyl sites for hydroxylation is 1. The van der Waals surface area contributed by atoms with Crippen molar-refractivity contribution >= 4 is 28.8 Å². The SMILES string of the molecule is Cc1cccc(COc2ccc(/C(O)=C3\C(=O)C(=O)N(CCN4CCOCC4)C3c3cccs3)cc2)c1. The summed E-state index contributed by atoms with van der Waals surface area (Å²) in [5.41, 5.74) is 2.83. The number of nitrogens with zero attached hydrogens (tertiary/aromatic N) is 2. The molecular weight excluding hydrogens is 488 g/mol. The summed E-state index contributed by atoms with van der Waals surface area (Å²) >= 11 is 1.47. The van der Waals surface area contributed by atoms with Crippen molar-refractivity contribution in [2.24, 2.45) is 0 Å². The van der Waals surface area contributed by atoms with Crippen LogP contribution in [0.25, 0.3) is 5.76 Å². The molecule has 7 nitrogen and oxygen atoms in total. The van der Waals surface area contributed by atoms with Crippen LogP contribution >= 0.6 is 11.3 Å². The second kappa shape index (κ2) is 11.3. The van der Waals surface area contributed by atoms with Crippen LogP contribution in [0, 0.1) is 6.92 Å².